The molecular formula is C18H27NO5. The standard InChI is InChI=1S/C18H27NO5/c1-5-15(11-20)19(10-9-18(22)23-4)17(21)12-24-16-8-6-7-13(2)14(16)3/h6-8,15,20H,5,9-12H2,1-4H3. The summed E-state index contributed by atoms with van der Waals surface area (Å²) < 4.78 is 10.3. The van der Waals surface area contributed by atoms with E-state index in [0.717, 1.165) is 11.1 Å². The number of rotatable bonds is 9. The van der Waals surface area contributed by atoms with Crippen molar-refractivity contribution in [1.82, 2.24) is 4.90 Å². The van der Waals surface area contributed by atoms with Gasteiger partial charge in [-0.25, -0.2) is 0 Å². The summed E-state index contributed by atoms with van der Waals surface area (Å²) in [5.74, 6) is 0.00469. The van der Waals surface area contributed by atoms with E-state index in [9.17, 15) is 14.7 Å². The Balaban J connectivity index is 2.75. The van der Waals surface area contributed by atoms with Crippen molar-refractivity contribution in [2.45, 2.75) is 39.7 Å². The molecule has 0 aromatic heterocycles. The first-order valence-electron chi connectivity index (χ1n) is 8.10. The van der Waals surface area contributed by atoms with E-state index < -0.39 is 5.97 Å². The van der Waals surface area contributed by atoms with Gasteiger partial charge in [-0.1, -0.05) is 19.1 Å². The second-order valence-electron chi connectivity index (χ2n) is 5.64. The van der Waals surface area contributed by atoms with Crippen molar-refractivity contribution >= 4 is 11.9 Å². The molecule has 6 heteroatoms. The van der Waals surface area contributed by atoms with Gasteiger partial charge in [-0.05, 0) is 37.5 Å². The zero-order chi connectivity index (χ0) is 18.1. The fourth-order valence-electron chi connectivity index (χ4n) is 2.38. The Morgan fingerprint density at radius 1 is 1.29 bits per heavy atom. The molecule has 0 aliphatic heterocycles. The maximum atomic E-state index is 12.5. The molecule has 24 heavy (non-hydrogen) atoms. The van der Waals surface area contributed by atoms with E-state index in [1.54, 1.807) is 0 Å². The molecule has 0 aliphatic carbocycles. The summed E-state index contributed by atoms with van der Waals surface area (Å²) >= 11 is 0. The quantitative estimate of drug-likeness (QED) is 0.696. The van der Waals surface area contributed by atoms with Crippen LogP contribution in [0, 0.1) is 13.8 Å². The fraction of sp³-hybridized carbons (Fsp3) is 0.556. The third kappa shape index (κ3) is 5.53. The lowest BCUT2D eigenvalue weighted by molar-refractivity contribution is -0.143. The van der Waals surface area contributed by atoms with Gasteiger partial charge in [0.1, 0.15) is 5.75 Å². The highest BCUT2D eigenvalue weighted by Gasteiger charge is 2.23. The number of carbonyl (C=O) groups is 2. The molecule has 0 radical (unpaired) electrons. The van der Waals surface area contributed by atoms with Crippen molar-refractivity contribution in [3.05, 3.63) is 29.3 Å². The van der Waals surface area contributed by atoms with Gasteiger partial charge in [-0.15, -0.1) is 0 Å². The minimum absolute atomic E-state index is 0.0855. The molecule has 6 nitrogen and oxygen atoms in total. The van der Waals surface area contributed by atoms with Gasteiger partial charge in [0.2, 0.25) is 0 Å². The first-order valence-corrected chi connectivity index (χ1v) is 8.10. The number of benzene rings is 1. The monoisotopic (exact) mass is 337 g/mol. The minimum atomic E-state index is -0.393. The lowest BCUT2D eigenvalue weighted by Crippen LogP contribution is -2.45. The number of aryl methyl sites for hydroxylation is 1. The highest BCUT2D eigenvalue weighted by molar-refractivity contribution is 5.79. The number of aliphatic hydroxyl groups excluding tert-OH is 1. The van der Waals surface area contributed by atoms with Crippen molar-refractivity contribution in [3.63, 3.8) is 0 Å². The van der Waals surface area contributed by atoms with Gasteiger partial charge in [0.25, 0.3) is 5.91 Å². The normalized spacial score (nSPS) is 11.7. The van der Waals surface area contributed by atoms with Crippen LogP contribution in [0.5, 0.6) is 5.75 Å². The van der Waals surface area contributed by atoms with Crippen LogP contribution in [-0.4, -0.2) is 54.8 Å². The Labute approximate surface area is 143 Å². The molecule has 1 N–H and O–H groups in total. The number of amides is 1. The summed E-state index contributed by atoms with van der Waals surface area (Å²) in [5.41, 5.74) is 2.07. The van der Waals surface area contributed by atoms with E-state index in [1.165, 1.54) is 12.0 Å². The predicted molar refractivity (Wildman–Crippen MR) is 90.9 cm³/mol. The predicted octanol–water partition coefficient (Wildman–Crippen LogP) is 1.84. The van der Waals surface area contributed by atoms with Crippen LogP contribution in [0.25, 0.3) is 0 Å². The SMILES string of the molecule is CCC(CO)N(CCC(=O)OC)C(=O)COc1cccc(C)c1C. The van der Waals surface area contributed by atoms with E-state index in [4.69, 9.17) is 4.74 Å². The molecule has 1 amide bonds. The number of hydrogen-bond donors (Lipinski definition) is 1. The Kier molecular flexibility index (Phi) is 8.26. The molecule has 0 aliphatic rings. The van der Waals surface area contributed by atoms with Crippen LogP contribution in [0.1, 0.15) is 30.9 Å². The first kappa shape index (κ1) is 20.0. The van der Waals surface area contributed by atoms with Crippen molar-refractivity contribution in [2.75, 3.05) is 26.9 Å². The molecule has 0 saturated heterocycles. The van der Waals surface area contributed by atoms with Crippen LogP contribution in [-0.2, 0) is 14.3 Å². The Morgan fingerprint density at radius 2 is 2.00 bits per heavy atom. The van der Waals surface area contributed by atoms with Gasteiger partial charge in [-0.2, -0.15) is 0 Å². The number of carbonyl (C=O) groups excluding carboxylic acids is 2. The summed E-state index contributed by atoms with van der Waals surface area (Å²) in [6, 6.07) is 5.33. The van der Waals surface area contributed by atoms with Crippen LogP contribution in [0.15, 0.2) is 18.2 Å². The van der Waals surface area contributed by atoms with Gasteiger partial charge in [0.05, 0.1) is 26.2 Å². The average Bonchev–Trinajstić information content (AvgIpc) is 2.59. The molecule has 1 rings (SSSR count). The number of esters is 1. The fourth-order valence-corrected chi connectivity index (χ4v) is 2.38. The highest BCUT2D eigenvalue weighted by atomic mass is 16.5. The Bertz CT molecular complexity index is 554. The summed E-state index contributed by atoms with van der Waals surface area (Å²) in [7, 11) is 1.31. The topological polar surface area (TPSA) is 76.1 Å². The molecule has 1 unspecified atom stereocenters. The molecule has 1 aromatic carbocycles. The van der Waals surface area contributed by atoms with E-state index in [2.05, 4.69) is 4.74 Å². The van der Waals surface area contributed by atoms with Crippen LogP contribution < -0.4 is 4.74 Å². The molecule has 1 atom stereocenters. The van der Waals surface area contributed by atoms with Crippen molar-refractivity contribution in [3.8, 4) is 5.75 Å². The third-order valence-electron chi connectivity index (χ3n) is 4.13. The zero-order valence-electron chi connectivity index (χ0n) is 14.9. The lowest BCUT2D eigenvalue weighted by Gasteiger charge is -2.29. The first-order chi connectivity index (χ1) is 11.4. The number of hydrogen-bond acceptors (Lipinski definition) is 5. The van der Waals surface area contributed by atoms with Gasteiger partial charge >= 0.3 is 5.97 Å². The van der Waals surface area contributed by atoms with E-state index in [1.807, 2.05) is 39.0 Å². The maximum absolute atomic E-state index is 12.5. The molecule has 0 fully saturated rings. The number of aliphatic hydroxyl groups is 1. The highest BCUT2D eigenvalue weighted by Crippen LogP contribution is 2.20. The van der Waals surface area contributed by atoms with E-state index in [-0.39, 0.29) is 38.1 Å². The maximum Gasteiger partial charge on any atom is 0.307 e. The second-order valence-corrected chi connectivity index (χ2v) is 5.64. The summed E-state index contributed by atoms with van der Waals surface area (Å²) in [6.45, 7) is 5.69. The van der Waals surface area contributed by atoms with Gasteiger partial charge < -0.3 is 19.5 Å². The Morgan fingerprint density at radius 3 is 2.58 bits per heavy atom. The van der Waals surface area contributed by atoms with Crippen LogP contribution in [0.3, 0.4) is 0 Å². The molecule has 0 bridgehead atoms. The van der Waals surface area contributed by atoms with Gasteiger partial charge in [-0.3, -0.25) is 9.59 Å². The van der Waals surface area contributed by atoms with Gasteiger partial charge in [0, 0.05) is 6.54 Å². The van der Waals surface area contributed by atoms with Crippen molar-refractivity contribution < 1.29 is 24.2 Å². The van der Waals surface area contributed by atoms with E-state index in [0.29, 0.717) is 12.2 Å². The zero-order valence-corrected chi connectivity index (χ0v) is 14.9. The number of ether oxygens (including phenoxy) is 2. The van der Waals surface area contributed by atoms with Crippen LogP contribution in [0.4, 0.5) is 0 Å². The van der Waals surface area contributed by atoms with Gasteiger partial charge in [0.15, 0.2) is 6.61 Å². The lowest BCUT2D eigenvalue weighted by atomic mass is 10.1. The van der Waals surface area contributed by atoms with Crippen LogP contribution in [0.2, 0.25) is 0 Å². The van der Waals surface area contributed by atoms with Crippen LogP contribution >= 0.6 is 0 Å². The average molecular weight is 337 g/mol. The molecule has 0 spiro atoms. The number of nitrogens with zero attached hydrogens (tertiary/aromatic N) is 1. The number of methoxy groups -OCH3 is 1. The molecule has 134 valence electrons. The third-order valence-corrected chi connectivity index (χ3v) is 4.13. The van der Waals surface area contributed by atoms with Crippen molar-refractivity contribution in [2.24, 2.45) is 0 Å². The summed E-state index contributed by atoms with van der Waals surface area (Å²) in [4.78, 5) is 25.3. The largest absolute Gasteiger partial charge is 0.483 e. The minimum Gasteiger partial charge on any atom is -0.483 e. The molecule has 0 heterocycles. The van der Waals surface area contributed by atoms with Crippen molar-refractivity contribution in [1.29, 1.82) is 0 Å². The summed E-state index contributed by atoms with van der Waals surface area (Å²) in [5, 5.41) is 9.48. The molecular weight excluding hydrogens is 310 g/mol. The molecule has 1 aromatic rings. The summed E-state index contributed by atoms with van der Waals surface area (Å²) in [6.07, 6.45) is 0.676. The smallest absolute Gasteiger partial charge is 0.307 e. The molecule has 0 saturated carbocycles. The second kappa shape index (κ2) is 9.93. The Hall–Kier alpha value is -2.08. The van der Waals surface area contributed by atoms with E-state index >= 15 is 0 Å².